The van der Waals surface area contributed by atoms with Gasteiger partial charge in [-0.15, -0.1) is 11.3 Å². The van der Waals surface area contributed by atoms with Crippen molar-refractivity contribution in [3.63, 3.8) is 0 Å². The Morgan fingerprint density at radius 3 is 2.67 bits per heavy atom. The van der Waals surface area contributed by atoms with E-state index in [1.807, 2.05) is 12.1 Å². The summed E-state index contributed by atoms with van der Waals surface area (Å²) in [6, 6.07) is 9.41. The Morgan fingerprint density at radius 2 is 1.95 bits per heavy atom. The van der Waals surface area contributed by atoms with Gasteiger partial charge in [0.25, 0.3) is 0 Å². The van der Waals surface area contributed by atoms with E-state index in [2.05, 4.69) is 28.6 Å². The van der Waals surface area contributed by atoms with Crippen LogP contribution in [-0.2, 0) is 0 Å². The van der Waals surface area contributed by atoms with Crippen molar-refractivity contribution >= 4 is 11.3 Å². The van der Waals surface area contributed by atoms with Crippen LogP contribution in [0.25, 0.3) is 0 Å². The Labute approximate surface area is 129 Å². The molecule has 1 aromatic heterocycles. The van der Waals surface area contributed by atoms with Crippen molar-refractivity contribution in [1.82, 2.24) is 10.2 Å². The first-order valence-corrected chi connectivity index (χ1v) is 8.38. The molecule has 1 saturated heterocycles. The second kappa shape index (κ2) is 6.69. The summed E-state index contributed by atoms with van der Waals surface area (Å²) in [6.45, 7) is 6.36. The normalized spacial score (nSPS) is 18.4. The van der Waals surface area contributed by atoms with Crippen molar-refractivity contribution in [2.45, 2.75) is 19.4 Å². The largest absolute Gasteiger partial charge is 0.315 e. The van der Waals surface area contributed by atoms with Crippen molar-refractivity contribution in [3.8, 4) is 0 Å². The van der Waals surface area contributed by atoms with E-state index in [1.165, 1.54) is 16.0 Å². The third kappa shape index (κ3) is 3.34. The lowest BCUT2D eigenvalue weighted by Crippen LogP contribution is -2.32. The maximum Gasteiger partial charge on any atom is 0.123 e. The Morgan fingerprint density at radius 1 is 1.14 bits per heavy atom. The minimum absolute atomic E-state index is 0.169. The Bertz CT molecular complexity index is 571. The molecule has 3 rings (SSSR count). The molecule has 0 amide bonds. The zero-order valence-electron chi connectivity index (χ0n) is 12.3. The third-order valence-electron chi connectivity index (χ3n) is 4.08. The molecular weight excluding hydrogens is 283 g/mol. The topological polar surface area (TPSA) is 15.3 Å². The molecule has 1 N–H and O–H groups in total. The number of aryl methyl sites for hydroxylation is 1. The second-order valence-corrected chi connectivity index (χ2v) is 6.51. The minimum Gasteiger partial charge on any atom is -0.315 e. The summed E-state index contributed by atoms with van der Waals surface area (Å²) in [4.78, 5) is 3.90. The van der Waals surface area contributed by atoms with E-state index in [0.29, 0.717) is 0 Å². The summed E-state index contributed by atoms with van der Waals surface area (Å²) in [5.74, 6) is -0.169. The van der Waals surface area contributed by atoms with Crippen LogP contribution in [0.2, 0.25) is 0 Å². The van der Waals surface area contributed by atoms with Crippen LogP contribution in [0.3, 0.4) is 0 Å². The highest BCUT2D eigenvalue weighted by molar-refractivity contribution is 7.10. The van der Waals surface area contributed by atoms with Gasteiger partial charge >= 0.3 is 0 Å². The lowest BCUT2D eigenvalue weighted by atomic mass is 10.0. The van der Waals surface area contributed by atoms with Crippen LogP contribution < -0.4 is 5.32 Å². The molecule has 1 aliphatic heterocycles. The summed E-state index contributed by atoms with van der Waals surface area (Å²) in [7, 11) is 0. The van der Waals surface area contributed by atoms with Gasteiger partial charge < -0.3 is 5.32 Å². The van der Waals surface area contributed by atoms with Crippen LogP contribution in [-0.4, -0.2) is 31.1 Å². The average molecular weight is 304 g/mol. The van der Waals surface area contributed by atoms with Crippen molar-refractivity contribution in [3.05, 3.63) is 57.5 Å². The van der Waals surface area contributed by atoms with Gasteiger partial charge in [-0.2, -0.15) is 0 Å². The number of thiophene rings is 1. The van der Waals surface area contributed by atoms with Crippen LogP contribution in [0.4, 0.5) is 4.39 Å². The van der Waals surface area contributed by atoms with Gasteiger partial charge in [-0.3, -0.25) is 4.90 Å². The molecule has 1 fully saturated rings. The smallest absolute Gasteiger partial charge is 0.123 e. The van der Waals surface area contributed by atoms with Gasteiger partial charge in [-0.1, -0.05) is 12.1 Å². The lowest BCUT2D eigenvalue weighted by molar-refractivity contribution is 0.243. The van der Waals surface area contributed by atoms with Gasteiger partial charge in [0.1, 0.15) is 5.82 Å². The number of benzene rings is 1. The van der Waals surface area contributed by atoms with E-state index in [-0.39, 0.29) is 11.9 Å². The van der Waals surface area contributed by atoms with Crippen molar-refractivity contribution in [2.75, 3.05) is 26.2 Å². The molecule has 2 heterocycles. The van der Waals surface area contributed by atoms with Crippen LogP contribution in [0.1, 0.15) is 28.5 Å². The van der Waals surface area contributed by atoms with E-state index < -0.39 is 0 Å². The van der Waals surface area contributed by atoms with Crippen LogP contribution in [0.15, 0.2) is 35.7 Å². The zero-order chi connectivity index (χ0) is 14.7. The van der Waals surface area contributed by atoms with Gasteiger partial charge in [0.2, 0.25) is 0 Å². The number of hydrogen-bond acceptors (Lipinski definition) is 3. The van der Waals surface area contributed by atoms with E-state index in [9.17, 15) is 4.39 Å². The number of hydrogen-bond donors (Lipinski definition) is 1. The maximum absolute atomic E-state index is 13.3. The Hall–Kier alpha value is -1.23. The van der Waals surface area contributed by atoms with Gasteiger partial charge in [0, 0.05) is 24.5 Å². The molecule has 0 saturated carbocycles. The highest BCUT2D eigenvalue weighted by atomic mass is 32.1. The molecule has 2 nitrogen and oxygen atoms in total. The summed E-state index contributed by atoms with van der Waals surface area (Å²) in [5, 5.41) is 5.60. The predicted octanol–water partition coefficient (Wildman–Crippen LogP) is 3.58. The molecule has 0 radical (unpaired) electrons. The molecule has 1 unspecified atom stereocenters. The van der Waals surface area contributed by atoms with Crippen LogP contribution in [0.5, 0.6) is 0 Å². The molecule has 0 spiro atoms. The molecule has 1 aliphatic rings. The molecule has 4 heteroatoms. The molecule has 0 aliphatic carbocycles. The van der Waals surface area contributed by atoms with E-state index in [4.69, 9.17) is 0 Å². The molecule has 112 valence electrons. The monoisotopic (exact) mass is 304 g/mol. The highest BCUT2D eigenvalue weighted by Gasteiger charge is 2.25. The van der Waals surface area contributed by atoms with Crippen molar-refractivity contribution in [1.29, 1.82) is 0 Å². The van der Waals surface area contributed by atoms with E-state index >= 15 is 0 Å². The summed E-state index contributed by atoms with van der Waals surface area (Å²) in [6.07, 6.45) is 1.15. The molecule has 2 aromatic rings. The highest BCUT2D eigenvalue weighted by Crippen LogP contribution is 2.34. The van der Waals surface area contributed by atoms with E-state index in [1.54, 1.807) is 23.5 Å². The summed E-state index contributed by atoms with van der Waals surface area (Å²) < 4.78 is 13.3. The lowest BCUT2D eigenvalue weighted by Gasteiger charge is -2.31. The Kier molecular flexibility index (Phi) is 4.68. The first-order chi connectivity index (χ1) is 10.3. The van der Waals surface area contributed by atoms with Gasteiger partial charge in [-0.05, 0) is 54.6 Å². The summed E-state index contributed by atoms with van der Waals surface area (Å²) >= 11 is 1.80. The number of rotatable bonds is 3. The van der Waals surface area contributed by atoms with Crippen molar-refractivity contribution < 1.29 is 4.39 Å². The fourth-order valence-electron chi connectivity index (χ4n) is 2.96. The summed E-state index contributed by atoms with van der Waals surface area (Å²) in [5.41, 5.74) is 2.51. The Balaban J connectivity index is 1.97. The van der Waals surface area contributed by atoms with Gasteiger partial charge in [-0.25, -0.2) is 4.39 Å². The van der Waals surface area contributed by atoms with Crippen molar-refractivity contribution in [2.24, 2.45) is 0 Å². The quantitative estimate of drug-likeness (QED) is 0.932. The molecule has 1 aromatic carbocycles. The molecular formula is C17H21FN2S. The molecule has 0 bridgehead atoms. The predicted molar refractivity (Wildman–Crippen MR) is 86.4 cm³/mol. The number of halogens is 1. The van der Waals surface area contributed by atoms with Gasteiger partial charge in [0.05, 0.1) is 6.04 Å². The fraction of sp³-hybridized carbons (Fsp3) is 0.412. The number of nitrogens with zero attached hydrogens (tertiary/aromatic N) is 1. The first-order valence-electron chi connectivity index (χ1n) is 7.50. The van der Waals surface area contributed by atoms with Crippen LogP contribution >= 0.6 is 11.3 Å². The first kappa shape index (κ1) is 14.7. The SMILES string of the molecule is Cc1ccsc1C(c1ccc(F)cc1)N1CCCNCC1. The van der Waals surface area contributed by atoms with Crippen LogP contribution in [0, 0.1) is 12.7 Å². The maximum atomic E-state index is 13.3. The zero-order valence-corrected chi connectivity index (χ0v) is 13.1. The standard InChI is InChI=1S/C17H21FN2S/c1-13-7-12-21-17(13)16(14-3-5-15(18)6-4-14)20-10-2-8-19-9-11-20/h3-7,12,16,19H,2,8-11H2,1H3. The van der Waals surface area contributed by atoms with E-state index in [0.717, 1.165) is 32.6 Å². The number of nitrogens with one attached hydrogen (secondary N) is 1. The third-order valence-corrected chi connectivity index (χ3v) is 5.15. The fourth-order valence-corrected chi connectivity index (χ4v) is 4.05. The molecule has 21 heavy (non-hydrogen) atoms. The van der Waals surface area contributed by atoms with Gasteiger partial charge in [0.15, 0.2) is 0 Å². The second-order valence-electron chi connectivity index (χ2n) is 5.56. The molecule has 1 atom stereocenters. The minimum atomic E-state index is -0.169. The average Bonchev–Trinajstić information content (AvgIpc) is 2.75.